The van der Waals surface area contributed by atoms with E-state index in [0.29, 0.717) is 0 Å². The molecule has 2 rings (SSSR count). The Balaban J connectivity index is 2.01. The van der Waals surface area contributed by atoms with Gasteiger partial charge in [-0.05, 0) is 25.6 Å². The second-order valence-corrected chi connectivity index (χ2v) is 7.89. The average Bonchev–Trinajstić information content (AvgIpc) is 2.54. The molecule has 1 aromatic carbocycles. The minimum absolute atomic E-state index is 0.0247. The van der Waals surface area contributed by atoms with Crippen LogP contribution >= 0.6 is 0 Å². The average molecular weight is 341 g/mol. The molecular weight excluding hydrogens is 318 g/mol. The molecule has 1 fully saturated rings. The van der Waals surface area contributed by atoms with Crippen molar-refractivity contribution in [1.82, 2.24) is 9.80 Å². The van der Waals surface area contributed by atoms with Crippen molar-refractivity contribution in [2.45, 2.75) is 24.8 Å². The lowest BCUT2D eigenvalue weighted by molar-refractivity contribution is -0.384. The van der Waals surface area contributed by atoms with Gasteiger partial charge in [0.25, 0.3) is 5.69 Å². The monoisotopic (exact) mass is 341 g/mol. The second-order valence-electron chi connectivity index (χ2n) is 5.85. The number of nitro groups is 1. The summed E-state index contributed by atoms with van der Waals surface area (Å²) in [6, 6.07) is 5.02. The van der Waals surface area contributed by atoms with E-state index >= 15 is 0 Å². The summed E-state index contributed by atoms with van der Waals surface area (Å²) in [5.74, 6) is 0.0247. The first-order chi connectivity index (χ1) is 10.8. The molecule has 0 saturated carbocycles. The summed E-state index contributed by atoms with van der Waals surface area (Å²) in [5, 5.41) is 10.6. The van der Waals surface area contributed by atoms with Crippen molar-refractivity contribution in [2.75, 3.05) is 38.5 Å². The van der Waals surface area contributed by atoms with Gasteiger partial charge in [0, 0.05) is 44.4 Å². The molecule has 1 atom stereocenters. The predicted molar refractivity (Wildman–Crippen MR) is 88.3 cm³/mol. The molecule has 7 nitrogen and oxygen atoms in total. The SMILES string of the molecule is CCN1CCN(C(C)CS(=O)(=O)c2ccc([N+](=O)[O-])cc2)CC1. The summed E-state index contributed by atoms with van der Waals surface area (Å²) in [7, 11) is -3.45. The van der Waals surface area contributed by atoms with Crippen LogP contribution in [0.3, 0.4) is 0 Å². The number of nitrogens with zero attached hydrogens (tertiary/aromatic N) is 3. The van der Waals surface area contributed by atoms with Gasteiger partial charge >= 0.3 is 0 Å². The van der Waals surface area contributed by atoms with Gasteiger partial charge < -0.3 is 4.90 Å². The topological polar surface area (TPSA) is 83.8 Å². The maximum Gasteiger partial charge on any atom is 0.269 e. The van der Waals surface area contributed by atoms with Crippen LogP contribution in [-0.4, -0.2) is 67.7 Å². The molecule has 0 radical (unpaired) electrons. The first kappa shape index (κ1) is 17.8. The molecule has 0 aliphatic carbocycles. The zero-order valence-corrected chi connectivity index (χ0v) is 14.3. The van der Waals surface area contributed by atoms with Crippen molar-refractivity contribution in [3.8, 4) is 0 Å². The summed E-state index contributed by atoms with van der Waals surface area (Å²) in [6.07, 6.45) is 0. The quantitative estimate of drug-likeness (QED) is 0.574. The van der Waals surface area contributed by atoms with E-state index in [1.165, 1.54) is 24.3 Å². The Morgan fingerprint density at radius 3 is 2.22 bits per heavy atom. The maximum atomic E-state index is 12.5. The number of hydrogen-bond acceptors (Lipinski definition) is 6. The lowest BCUT2D eigenvalue weighted by atomic mass is 10.2. The van der Waals surface area contributed by atoms with Crippen LogP contribution in [0.2, 0.25) is 0 Å². The normalized spacial score (nSPS) is 18.7. The number of nitro benzene ring substituents is 1. The Bertz CT molecular complexity index is 637. The molecule has 1 saturated heterocycles. The maximum absolute atomic E-state index is 12.5. The molecule has 1 aromatic rings. The molecule has 0 amide bonds. The van der Waals surface area contributed by atoms with Crippen molar-refractivity contribution in [3.05, 3.63) is 34.4 Å². The van der Waals surface area contributed by atoms with E-state index in [1.807, 2.05) is 6.92 Å². The minimum atomic E-state index is -3.45. The van der Waals surface area contributed by atoms with Crippen molar-refractivity contribution < 1.29 is 13.3 Å². The molecule has 23 heavy (non-hydrogen) atoms. The van der Waals surface area contributed by atoms with Crippen LogP contribution in [0.1, 0.15) is 13.8 Å². The van der Waals surface area contributed by atoms with Gasteiger partial charge in [-0.1, -0.05) is 6.92 Å². The third kappa shape index (κ3) is 4.49. The van der Waals surface area contributed by atoms with Crippen LogP contribution in [0.5, 0.6) is 0 Å². The van der Waals surface area contributed by atoms with Crippen molar-refractivity contribution >= 4 is 15.5 Å². The Hall–Kier alpha value is -1.51. The van der Waals surface area contributed by atoms with E-state index in [4.69, 9.17) is 0 Å². The van der Waals surface area contributed by atoms with Crippen LogP contribution < -0.4 is 0 Å². The number of likely N-dealkylation sites (N-methyl/N-ethyl adjacent to an activating group) is 1. The third-order valence-electron chi connectivity index (χ3n) is 4.34. The fourth-order valence-corrected chi connectivity index (χ4v) is 4.40. The smallest absolute Gasteiger partial charge is 0.269 e. The van der Waals surface area contributed by atoms with E-state index in [2.05, 4.69) is 16.7 Å². The van der Waals surface area contributed by atoms with Gasteiger partial charge in [0.15, 0.2) is 9.84 Å². The zero-order chi connectivity index (χ0) is 17.0. The van der Waals surface area contributed by atoms with Crippen LogP contribution in [-0.2, 0) is 9.84 Å². The first-order valence-electron chi connectivity index (χ1n) is 7.77. The van der Waals surface area contributed by atoms with E-state index in [9.17, 15) is 18.5 Å². The molecule has 1 heterocycles. The summed E-state index contributed by atoms with van der Waals surface area (Å²) in [4.78, 5) is 14.8. The highest BCUT2D eigenvalue weighted by molar-refractivity contribution is 7.91. The molecule has 0 bridgehead atoms. The highest BCUT2D eigenvalue weighted by Crippen LogP contribution is 2.19. The lowest BCUT2D eigenvalue weighted by Crippen LogP contribution is -2.50. The summed E-state index contributed by atoms with van der Waals surface area (Å²) in [6.45, 7) is 8.71. The molecule has 128 valence electrons. The van der Waals surface area contributed by atoms with Crippen LogP contribution in [0.15, 0.2) is 29.2 Å². The van der Waals surface area contributed by atoms with Crippen LogP contribution in [0, 0.1) is 10.1 Å². The molecule has 1 aliphatic rings. The first-order valence-corrected chi connectivity index (χ1v) is 9.42. The number of rotatable bonds is 6. The van der Waals surface area contributed by atoms with Crippen molar-refractivity contribution in [2.24, 2.45) is 0 Å². The number of piperazine rings is 1. The Kier molecular flexibility index (Phi) is 5.72. The Morgan fingerprint density at radius 1 is 1.17 bits per heavy atom. The summed E-state index contributed by atoms with van der Waals surface area (Å²) < 4.78 is 25.0. The Morgan fingerprint density at radius 2 is 1.74 bits per heavy atom. The van der Waals surface area contributed by atoms with Crippen LogP contribution in [0.4, 0.5) is 5.69 Å². The minimum Gasteiger partial charge on any atom is -0.301 e. The third-order valence-corrected chi connectivity index (χ3v) is 6.26. The number of sulfone groups is 1. The van der Waals surface area contributed by atoms with E-state index in [0.717, 1.165) is 32.7 Å². The predicted octanol–water partition coefficient (Wildman–Crippen LogP) is 1.39. The summed E-state index contributed by atoms with van der Waals surface area (Å²) >= 11 is 0. The highest BCUT2D eigenvalue weighted by Gasteiger charge is 2.26. The number of non-ortho nitro benzene ring substituents is 1. The van der Waals surface area contributed by atoms with Crippen molar-refractivity contribution in [3.63, 3.8) is 0 Å². The van der Waals surface area contributed by atoms with Crippen LogP contribution in [0.25, 0.3) is 0 Å². The molecule has 0 N–H and O–H groups in total. The molecule has 0 aromatic heterocycles. The standard InChI is InChI=1S/C15H23N3O4S/c1-3-16-8-10-17(11-9-16)13(2)12-23(21,22)15-6-4-14(5-7-15)18(19)20/h4-7,13H,3,8-12H2,1-2H3. The van der Waals surface area contributed by atoms with Gasteiger partial charge in [0.1, 0.15) is 0 Å². The molecule has 1 aliphatic heterocycles. The summed E-state index contributed by atoms with van der Waals surface area (Å²) in [5.41, 5.74) is -0.104. The zero-order valence-electron chi connectivity index (χ0n) is 13.5. The fraction of sp³-hybridized carbons (Fsp3) is 0.600. The van der Waals surface area contributed by atoms with Gasteiger partial charge in [0.2, 0.25) is 0 Å². The molecule has 0 spiro atoms. The molecule has 1 unspecified atom stereocenters. The van der Waals surface area contributed by atoms with E-state index < -0.39 is 14.8 Å². The van der Waals surface area contributed by atoms with E-state index in [-0.39, 0.29) is 22.4 Å². The van der Waals surface area contributed by atoms with E-state index in [1.54, 1.807) is 0 Å². The Labute approximate surface area is 137 Å². The van der Waals surface area contributed by atoms with Gasteiger partial charge in [-0.25, -0.2) is 8.42 Å². The highest BCUT2D eigenvalue weighted by atomic mass is 32.2. The van der Waals surface area contributed by atoms with Gasteiger partial charge in [0.05, 0.1) is 15.6 Å². The lowest BCUT2D eigenvalue weighted by Gasteiger charge is -2.37. The number of benzene rings is 1. The largest absolute Gasteiger partial charge is 0.301 e. The van der Waals surface area contributed by atoms with Gasteiger partial charge in [-0.2, -0.15) is 0 Å². The fourth-order valence-electron chi connectivity index (χ4n) is 2.81. The number of hydrogen-bond donors (Lipinski definition) is 0. The molecular formula is C15H23N3O4S. The van der Waals surface area contributed by atoms with Gasteiger partial charge in [-0.3, -0.25) is 15.0 Å². The molecule has 8 heteroatoms. The van der Waals surface area contributed by atoms with Gasteiger partial charge in [-0.15, -0.1) is 0 Å². The van der Waals surface area contributed by atoms with Crippen molar-refractivity contribution in [1.29, 1.82) is 0 Å². The second kappa shape index (κ2) is 7.37.